The summed E-state index contributed by atoms with van der Waals surface area (Å²) in [7, 11) is 0. The van der Waals surface area contributed by atoms with Gasteiger partial charge in [-0.15, -0.1) is 0 Å². The Morgan fingerprint density at radius 3 is 2.86 bits per heavy atom. The number of nitrogens with one attached hydrogen (secondary N) is 1. The number of carbonyl (C=O) groups excluding carboxylic acids is 1. The fraction of sp³-hybridized carbons (Fsp3) is 0.200. The Kier molecular flexibility index (Phi) is 3.83. The van der Waals surface area contributed by atoms with Gasteiger partial charge in [0.05, 0.1) is 10.2 Å². The van der Waals surface area contributed by atoms with Gasteiger partial charge in [-0.2, -0.15) is 0 Å². The van der Waals surface area contributed by atoms with Gasteiger partial charge in [-0.05, 0) is 35.8 Å². The molecule has 0 aliphatic carbocycles. The molecule has 0 saturated heterocycles. The van der Waals surface area contributed by atoms with E-state index in [0.29, 0.717) is 0 Å². The van der Waals surface area contributed by atoms with E-state index in [1.807, 2.05) is 13.8 Å². The van der Waals surface area contributed by atoms with E-state index in [9.17, 15) is 4.79 Å². The SMILES string of the molecule is CC(C)=CC(=O)Nc1ccncc1Br. The molecule has 3 nitrogen and oxygen atoms in total. The lowest BCUT2D eigenvalue weighted by Gasteiger charge is -2.03. The largest absolute Gasteiger partial charge is 0.321 e. The van der Waals surface area contributed by atoms with E-state index >= 15 is 0 Å². The van der Waals surface area contributed by atoms with Crippen LogP contribution in [0.3, 0.4) is 0 Å². The maximum atomic E-state index is 11.3. The molecule has 0 saturated carbocycles. The molecule has 0 unspecified atom stereocenters. The fourth-order valence-corrected chi connectivity index (χ4v) is 1.26. The van der Waals surface area contributed by atoms with Gasteiger partial charge < -0.3 is 5.32 Å². The van der Waals surface area contributed by atoms with Crippen molar-refractivity contribution in [3.05, 3.63) is 34.6 Å². The monoisotopic (exact) mass is 254 g/mol. The van der Waals surface area contributed by atoms with Crippen molar-refractivity contribution in [2.45, 2.75) is 13.8 Å². The lowest BCUT2D eigenvalue weighted by atomic mass is 10.3. The lowest BCUT2D eigenvalue weighted by Crippen LogP contribution is -2.08. The highest BCUT2D eigenvalue weighted by molar-refractivity contribution is 9.10. The summed E-state index contributed by atoms with van der Waals surface area (Å²) >= 11 is 3.29. The number of hydrogen-bond donors (Lipinski definition) is 1. The molecule has 0 bridgehead atoms. The molecule has 14 heavy (non-hydrogen) atoms. The molecule has 1 rings (SSSR count). The Balaban J connectivity index is 2.75. The number of allylic oxidation sites excluding steroid dienone is 1. The van der Waals surface area contributed by atoms with Gasteiger partial charge in [-0.3, -0.25) is 9.78 Å². The quantitative estimate of drug-likeness (QED) is 0.825. The predicted molar refractivity (Wildman–Crippen MR) is 60.0 cm³/mol. The average Bonchev–Trinajstić information content (AvgIpc) is 2.07. The van der Waals surface area contributed by atoms with Crippen molar-refractivity contribution >= 4 is 27.5 Å². The summed E-state index contributed by atoms with van der Waals surface area (Å²) in [5, 5.41) is 2.74. The zero-order valence-corrected chi connectivity index (χ0v) is 9.63. The molecule has 0 aliphatic heterocycles. The van der Waals surface area contributed by atoms with Crippen LogP contribution >= 0.6 is 15.9 Å². The number of pyridine rings is 1. The van der Waals surface area contributed by atoms with Crippen molar-refractivity contribution in [2.75, 3.05) is 5.32 Å². The van der Waals surface area contributed by atoms with E-state index in [-0.39, 0.29) is 5.91 Å². The molecule has 0 atom stereocenters. The van der Waals surface area contributed by atoms with Crippen LogP contribution in [0, 0.1) is 0 Å². The molecule has 0 radical (unpaired) electrons. The van der Waals surface area contributed by atoms with E-state index in [0.717, 1.165) is 15.7 Å². The van der Waals surface area contributed by atoms with E-state index in [2.05, 4.69) is 26.2 Å². The van der Waals surface area contributed by atoms with E-state index in [1.54, 1.807) is 24.5 Å². The lowest BCUT2D eigenvalue weighted by molar-refractivity contribution is -0.111. The zero-order valence-electron chi connectivity index (χ0n) is 8.04. The minimum Gasteiger partial charge on any atom is -0.321 e. The van der Waals surface area contributed by atoms with Crippen LogP contribution in [0.25, 0.3) is 0 Å². The Morgan fingerprint density at radius 2 is 2.29 bits per heavy atom. The van der Waals surface area contributed by atoms with Gasteiger partial charge in [0.25, 0.3) is 0 Å². The maximum Gasteiger partial charge on any atom is 0.248 e. The van der Waals surface area contributed by atoms with Crippen molar-refractivity contribution in [3.63, 3.8) is 0 Å². The summed E-state index contributed by atoms with van der Waals surface area (Å²) in [5.41, 5.74) is 1.69. The predicted octanol–water partition coefficient (Wildman–Crippen LogP) is 2.75. The topological polar surface area (TPSA) is 42.0 Å². The standard InChI is InChI=1S/C10H11BrN2O/c1-7(2)5-10(14)13-9-3-4-12-6-8(9)11/h3-6H,1-2H3,(H,12,13,14). The molecule has 4 heteroatoms. The van der Waals surface area contributed by atoms with Gasteiger partial charge in [0.1, 0.15) is 0 Å². The highest BCUT2D eigenvalue weighted by Crippen LogP contribution is 2.19. The number of amides is 1. The van der Waals surface area contributed by atoms with Crippen LogP contribution in [0.5, 0.6) is 0 Å². The summed E-state index contributed by atoms with van der Waals surface area (Å²) in [5.74, 6) is -0.128. The van der Waals surface area contributed by atoms with Gasteiger partial charge in [-0.1, -0.05) is 5.57 Å². The third kappa shape index (κ3) is 3.30. The van der Waals surface area contributed by atoms with Crippen LogP contribution < -0.4 is 5.32 Å². The second-order valence-corrected chi connectivity index (χ2v) is 3.92. The van der Waals surface area contributed by atoms with Crippen molar-refractivity contribution in [1.29, 1.82) is 0 Å². The molecule has 0 aromatic carbocycles. The van der Waals surface area contributed by atoms with Gasteiger partial charge in [0.15, 0.2) is 0 Å². The van der Waals surface area contributed by atoms with E-state index in [1.165, 1.54) is 0 Å². The first-order valence-corrected chi connectivity index (χ1v) is 4.94. The Labute approximate surface area is 91.4 Å². The van der Waals surface area contributed by atoms with Crippen molar-refractivity contribution in [1.82, 2.24) is 4.98 Å². The van der Waals surface area contributed by atoms with Crippen LogP contribution in [-0.4, -0.2) is 10.9 Å². The summed E-state index contributed by atoms with van der Waals surface area (Å²) < 4.78 is 0.774. The first-order valence-electron chi connectivity index (χ1n) is 4.15. The first-order chi connectivity index (χ1) is 6.59. The summed E-state index contributed by atoms with van der Waals surface area (Å²) in [6.07, 6.45) is 4.81. The molecule has 0 aliphatic rings. The van der Waals surface area contributed by atoms with Gasteiger partial charge in [0, 0.05) is 18.5 Å². The number of halogens is 1. The fourth-order valence-electron chi connectivity index (χ4n) is 0.908. The highest BCUT2D eigenvalue weighted by atomic mass is 79.9. The molecule has 1 aromatic rings. The second kappa shape index (κ2) is 4.91. The number of nitrogens with zero attached hydrogens (tertiary/aromatic N) is 1. The minimum absolute atomic E-state index is 0.128. The smallest absolute Gasteiger partial charge is 0.248 e. The van der Waals surface area contributed by atoms with Gasteiger partial charge >= 0.3 is 0 Å². The summed E-state index contributed by atoms with van der Waals surface area (Å²) in [6, 6.07) is 1.74. The van der Waals surface area contributed by atoms with Crippen molar-refractivity contribution < 1.29 is 4.79 Å². The van der Waals surface area contributed by atoms with Gasteiger partial charge in [0.2, 0.25) is 5.91 Å². The Hall–Kier alpha value is -1.16. The number of carbonyl (C=O) groups is 1. The molecular formula is C10H11BrN2O. The number of aromatic nitrogens is 1. The molecule has 1 aromatic heterocycles. The first kappa shape index (κ1) is 10.9. The third-order valence-corrected chi connectivity index (χ3v) is 2.08. The molecule has 0 spiro atoms. The van der Waals surface area contributed by atoms with E-state index in [4.69, 9.17) is 0 Å². The van der Waals surface area contributed by atoms with Crippen molar-refractivity contribution in [2.24, 2.45) is 0 Å². The number of anilines is 1. The average molecular weight is 255 g/mol. The molecule has 74 valence electrons. The summed E-state index contributed by atoms with van der Waals surface area (Å²) in [6.45, 7) is 3.75. The molecule has 1 N–H and O–H groups in total. The van der Waals surface area contributed by atoms with Crippen LogP contribution in [0.4, 0.5) is 5.69 Å². The third-order valence-electron chi connectivity index (χ3n) is 1.45. The summed E-state index contributed by atoms with van der Waals surface area (Å²) in [4.78, 5) is 15.2. The Bertz CT molecular complexity index is 370. The normalized spacial score (nSPS) is 9.36. The maximum absolute atomic E-state index is 11.3. The molecule has 1 amide bonds. The molecule has 0 fully saturated rings. The second-order valence-electron chi connectivity index (χ2n) is 3.07. The molecule has 1 heterocycles. The molecular weight excluding hydrogens is 244 g/mol. The van der Waals surface area contributed by atoms with Crippen LogP contribution in [-0.2, 0) is 4.79 Å². The zero-order chi connectivity index (χ0) is 10.6. The van der Waals surface area contributed by atoms with Crippen molar-refractivity contribution in [3.8, 4) is 0 Å². The van der Waals surface area contributed by atoms with Crippen LogP contribution in [0.1, 0.15) is 13.8 Å². The highest BCUT2D eigenvalue weighted by Gasteiger charge is 2.01. The van der Waals surface area contributed by atoms with Crippen LogP contribution in [0.2, 0.25) is 0 Å². The van der Waals surface area contributed by atoms with Gasteiger partial charge in [-0.25, -0.2) is 0 Å². The van der Waals surface area contributed by atoms with E-state index < -0.39 is 0 Å². The number of hydrogen-bond acceptors (Lipinski definition) is 2. The minimum atomic E-state index is -0.128. The number of rotatable bonds is 2. The Morgan fingerprint density at radius 1 is 1.57 bits per heavy atom. The van der Waals surface area contributed by atoms with Crippen LogP contribution in [0.15, 0.2) is 34.6 Å².